The number of anilines is 1. The number of benzene rings is 2. The van der Waals surface area contributed by atoms with Gasteiger partial charge in [0, 0.05) is 30.5 Å². The zero-order valence-electron chi connectivity index (χ0n) is 18.4. The van der Waals surface area contributed by atoms with E-state index in [2.05, 4.69) is 9.71 Å². The second kappa shape index (κ2) is 12.7. The van der Waals surface area contributed by atoms with Crippen LogP contribution in [0.2, 0.25) is 0 Å². The Morgan fingerprint density at radius 2 is 1.72 bits per heavy atom. The van der Waals surface area contributed by atoms with Crippen LogP contribution in [0.4, 0.5) is 5.69 Å². The number of para-hydroxylation sites is 2. The number of hydrogen-bond donors (Lipinski definition) is 1. The lowest BCUT2D eigenvalue weighted by atomic mass is 10.0. The van der Waals surface area contributed by atoms with Crippen molar-refractivity contribution in [1.29, 1.82) is 0 Å². The Kier molecular flexibility index (Phi) is 10.0. The first-order valence-electron chi connectivity index (χ1n) is 10.4. The summed E-state index contributed by atoms with van der Waals surface area (Å²) in [4.78, 5) is 16.4. The molecule has 0 saturated carbocycles. The van der Waals surface area contributed by atoms with Gasteiger partial charge >= 0.3 is 0 Å². The zero-order chi connectivity index (χ0) is 22.1. The molecule has 0 fully saturated rings. The van der Waals surface area contributed by atoms with Crippen LogP contribution >= 0.6 is 0 Å². The lowest BCUT2D eigenvalue weighted by molar-refractivity contribution is -0.118. The van der Waals surface area contributed by atoms with Crippen molar-refractivity contribution in [1.82, 2.24) is 4.98 Å². The summed E-state index contributed by atoms with van der Waals surface area (Å²) in [6.07, 6.45) is 5.19. The number of carbonyl (C=O) groups excluding carboxylic acids is 1. The van der Waals surface area contributed by atoms with E-state index in [-0.39, 0.29) is 16.5 Å². The fraction of sp³-hybridized carbons (Fsp3) is 0.280. The van der Waals surface area contributed by atoms with Gasteiger partial charge in [-0.1, -0.05) is 42.5 Å². The molecular weight excluding hydrogens is 424 g/mol. The van der Waals surface area contributed by atoms with E-state index in [0.717, 1.165) is 16.7 Å². The van der Waals surface area contributed by atoms with E-state index >= 15 is 0 Å². The number of aromatic nitrogens is 1. The van der Waals surface area contributed by atoms with E-state index < -0.39 is 11.0 Å². The SMILES string of the molecule is CC(C)S(=O)Nc1ccccc1OCc1ccc(CC(=O)CCc2cccnc2)cc1.O. The van der Waals surface area contributed by atoms with Crippen molar-refractivity contribution in [2.24, 2.45) is 0 Å². The minimum absolute atomic E-state index is 0. The highest BCUT2D eigenvalue weighted by Crippen LogP contribution is 2.25. The van der Waals surface area contributed by atoms with Crippen LogP contribution in [0.25, 0.3) is 0 Å². The summed E-state index contributed by atoms with van der Waals surface area (Å²) in [5.41, 5.74) is 3.79. The monoisotopic (exact) mass is 454 g/mol. The molecule has 0 bridgehead atoms. The molecule has 0 aliphatic carbocycles. The van der Waals surface area contributed by atoms with Gasteiger partial charge in [0.05, 0.1) is 5.69 Å². The summed E-state index contributed by atoms with van der Waals surface area (Å²) < 4.78 is 21.1. The maximum Gasteiger partial charge on any atom is 0.143 e. The third kappa shape index (κ3) is 7.90. The second-order valence-electron chi connectivity index (χ2n) is 7.63. The summed E-state index contributed by atoms with van der Waals surface area (Å²) in [5.74, 6) is 0.872. The lowest BCUT2D eigenvalue weighted by Gasteiger charge is -2.14. The molecule has 1 aromatic heterocycles. The maximum atomic E-state index is 12.3. The predicted molar refractivity (Wildman–Crippen MR) is 129 cm³/mol. The molecule has 0 radical (unpaired) electrons. The molecule has 3 aromatic rings. The first-order chi connectivity index (χ1) is 15.0. The normalized spacial score (nSPS) is 11.5. The van der Waals surface area contributed by atoms with E-state index in [1.165, 1.54) is 0 Å². The van der Waals surface area contributed by atoms with E-state index in [4.69, 9.17) is 4.74 Å². The van der Waals surface area contributed by atoms with Gasteiger partial charge in [-0.05, 0) is 55.2 Å². The first kappa shape index (κ1) is 25.2. The van der Waals surface area contributed by atoms with Gasteiger partial charge in [0.15, 0.2) is 0 Å². The van der Waals surface area contributed by atoms with Crippen LogP contribution in [-0.2, 0) is 35.2 Å². The summed E-state index contributed by atoms with van der Waals surface area (Å²) in [6, 6.07) is 19.3. The molecular formula is C25H30N2O4S. The van der Waals surface area contributed by atoms with Crippen LogP contribution in [0.5, 0.6) is 5.75 Å². The van der Waals surface area contributed by atoms with Crippen molar-refractivity contribution in [3.05, 3.63) is 89.7 Å². The van der Waals surface area contributed by atoms with Gasteiger partial charge < -0.3 is 14.9 Å². The van der Waals surface area contributed by atoms with Crippen molar-refractivity contribution in [2.75, 3.05) is 4.72 Å². The fourth-order valence-corrected chi connectivity index (χ4v) is 3.58. The summed E-state index contributed by atoms with van der Waals surface area (Å²) in [5, 5.41) is 0.00710. The molecule has 1 unspecified atom stereocenters. The highest BCUT2D eigenvalue weighted by atomic mass is 32.2. The zero-order valence-corrected chi connectivity index (χ0v) is 19.2. The number of carbonyl (C=O) groups is 1. The maximum absolute atomic E-state index is 12.3. The largest absolute Gasteiger partial charge is 0.487 e. The predicted octanol–water partition coefficient (Wildman–Crippen LogP) is 4.06. The van der Waals surface area contributed by atoms with Crippen molar-refractivity contribution >= 4 is 22.5 Å². The van der Waals surface area contributed by atoms with Crippen LogP contribution in [0.15, 0.2) is 73.1 Å². The lowest BCUT2D eigenvalue weighted by Crippen LogP contribution is -2.15. The molecule has 6 nitrogen and oxygen atoms in total. The quantitative estimate of drug-likeness (QED) is 0.472. The minimum Gasteiger partial charge on any atom is -0.487 e. The average molecular weight is 455 g/mol. The number of nitrogens with zero attached hydrogens (tertiary/aromatic N) is 1. The molecule has 0 aliphatic heterocycles. The van der Waals surface area contributed by atoms with Crippen LogP contribution in [0, 0.1) is 0 Å². The highest BCUT2D eigenvalue weighted by Gasteiger charge is 2.10. The highest BCUT2D eigenvalue weighted by molar-refractivity contribution is 7.86. The number of Topliss-reactive ketones (excluding diaryl/α,β-unsaturated/α-hetero) is 1. The third-order valence-electron chi connectivity index (χ3n) is 4.76. The molecule has 7 heteroatoms. The number of ether oxygens (including phenoxy) is 1. The van der Waals surface area contributed by atoms with E-state index in [0.29, 0.717) is 37.3 Å². The Labute approximate surface area is 192 Å². The molecule has 0 saturated heterocycles. The van der Waals surface area contributed by atoms with Crippen LogP contribution in [0.3, 0.4) is 0 Å². The Balaban J connectivity index is 0.00000363. The van der Waals surface area contributed by atoms with Gasteiger partial charge in [0.25, 0.3) is 0 Å². The van der Waals surface area contributed by atoms with Crippen LogP contribution < -0.4 is 9.46 Å². The molecule has 1 atom stereocenters. The Morgan fingerprint density at radius 3 is 2.41 bits per heavy atom. The smallest absolute Gasteiger partial charge is 0.143 e. The summed E-state index contributed by atoms with van der Waals surface area (Å²) >= 11 is 0. The van der Waals surface area contributed by atoms with E-state index in [1.54, 1.807) is 12.4 Å². The van der Waals surface area contributed by atoms with Crippen molar-refractivity contribution in [3.8, 4) is 5.75 Å². The molecule has 3 rings (SSSR count). The number of aryl methyl sites for hydroxylation is 1. The topological polar surface area (TPSA) is 99.8 Å². The number of rotatable bonds is 11. The summed E-state index contributed by atoms with van der Waals surface area (Å²) in [6.45, 7) is 4.19. The Morgan fingerprint density at radius 1 is 1.00 bits per heavy atom. The Hall–Kier alpha value is -3.03. The number of hydrogen-bond acceptors (Lipinski definition) is 4. The van der Waals surface area contributed by atoms with Gasteiger partial charge in [0.2, 0.25) is 0 Å². The van der Waals surface area contributed by atoms with Crippen molar-refractivity contribution in [3.63, 3.8) is 0 Å². The minimum atomic E-state index is -1.17. The number of nitrogens with one attached hydrogen (secondary N) is 1. The van der Waals surface area contributed by atoms with Gasteiger partial charge in [0.1, 0.15) is 29.1 Å². The van der Waals surface area contributed by atoms with E-state index in [1.807, 2.05) is 74.5 Å². The van der Waals surface area contributed by atoms with E-state index in [9.17, 15) is 9.00 Å². The molecule has 0 aliphatic rings. The Bertz CT molecular complexity index is 1010. The van der Waals surface area contributed by atoms with Gasteiger partial charge in [-0.2, -0.15) is 0 Å². The number of pyridine rings is 1. The molecule has 1 heterocycles. The second-order valence-corrected chi connectivity index (χ2v) is 9.37. The first-order valence-corrected chi connectivity index (χ1v) is 11.6. The molecule has 3 N–H and O–H groups in total. The standard InChI is InChI=1S/C25H28N2O3S.H2O/c1-19(2)31(29)27-24-7-3-4-8-25(24)30-18-22-11-9-20(10-12-22)16-23(28)14-13-21-6-5-15-26-17-21;/h3-12,15,17,19,27H,13-14,16,18H2,1-2H3;1H2. The third-order valence-corrected chi connectivity index (χ3v) is 6.04. The van der Waals surface area contributed by atoms with Crippen molar-refractivity contribution < 1.29 is 19.2 Å². The van der Waals surface area contributed by atoms with Gasteiger partial charge in [-0.25, -0.2) is 4.21 Å². The van der Waals surface area contributed by atoms with Crippen molar-refractivity contribution in [2.45, 2.75) is 45.0 Å². The van der Waals surface area contributed by atoms with Crippen LogP contribution in [-0.4, -0.2) is 25.7 Å². The summed E-state index contributed by atoms with van der Waals surface area (Å²) in [7, 11) is -1.17. The number of ketones is 1. The molecule has 2 aromatic carbocycles. The molecule has 0 spiro atoms. The average Bonchev–Trinajstić information content (AvgIpc) is 2.78. The van der Waals surface area contributed by atoms with Gasteiger partial charge in [-0.3, -0.25) is 9.78 Å². The molecule has 170 valence electrons. The molecule has 32 heavy (non-hydrogen) atoms. The molecule has 0 amide bonds. The fourth-order valence-electron chi connectivity index (χ4n) is 2.96. The van der Waals surface area contributed by atoms with Gasteiger partial charge in [-0.15, -0.1) is 0 Å². The van der Waals surface area contributed by atoms with Crippen LogP contribution in [0.1, 0.15) is 37.0 Å².